The number of rotatable bonds is 5. The molecule has 1 heterocycles. The van der Waals surface area contributed by atoms with Crippen molar-refractivity contribution in [2.75, 3.05) is 6.54 Å². The number of nitrogens with one attached hydrogen (secondary N) is 1. The number of carbonyl (C=O) groups excluding carboxylic acids is 1. The van der Waals surface area contributed by atoms with Gasteiger partial charge in [0, 0.05) is 28.4 Å². The van der Waals surface area contributed by atoms with Crippen molar-refractivity contribution in [2.45, 2.75) is 12.5 Å². The number of benzene rings is 1. The molecule has 3 N–H and O–H groups in total. The van der Waals surface area contributed by atoms with Gasteiger partial charge in [-0.1, -0.05) is 18.2 Å². The lowest BCUT2D eigenvalue weighted by Gasteiger charge is -2.06. The second-order valence-corrected chi connectivity index (χ2v) is 4.96. The number of carboxylic acid groups (broad SMARTS) is 1. The normalized spacial score (nSPS) is 12.3. The Labute approximate surface area is 113 Å². The molecule has 1 unspecified atom stereocenters. The lowest BCUT2D eigenvalue weighted by atomic mass is 10.1. The van der Waals surface area contributed by atoms with Crippen molar-refractivity contribution >= 4 is 33.3 Å². The van der Waals surface area contributed by atoms with Gasteiger partial charge in [-0.2, -0.15) is 0 Å². The van der Waals surface area contributed by atoms with Gasteiger partial charge in [-0.05, 0) is 6.07 Å². The summed E-state index contributed by atoms with van der Waals surface area (Å²) in [5.74, 6) is -1.54. The molecule has 100 valence electrons. The molecule has 19 heavy (non-hydrogen) atoms. The molecule has 0 aliphatic carbocycles. The number of hydrogen-bond acceptors (Lipinski definition) is 4. The smallest absolute Gasteiger partial charge is 0.332 e. The van der Waals surface area contributed by atoms with Crippen LogP contribution in [0.2, 0.25) is 0 Å². The van der Waals surface area contributed by atoms with Crippen molar-refractivity contribution < 1.29 is 19.8 Å². The third-order valence-electron chi connectivity index (χ3n) is 2.71. The van der Waals surface area contributed by atoms with Gasteiger partial charge >= 0.3 is 5.97 Å². The molecule has 0 saturated carbocycles. The maximum atomic E-state index is 11.9. The number of hydrogen-bond donors (Lipinski definition) is 3. The maximum Gasteiger partial charge on any atom is 0.332 e. The maximum absolute atomic E-state index is 11.9. The first-order valence-corrected chi connectivity index (χ1v) is 6.63. The van der Waals surface area contributed by atoms with E-state index in [9.17, 15) is 9.59 Å². The fourth-order valence-corrected chi connectivity index (χ4v) is 2.64. The molecule has 5 nitrogen and oxygen atoms in total. The van der Waals surface area contributed by atoms with Gasteiger partial charge in [0.15, 0.2) is 6.10 Å². The predicted molar refractivity (Wildman–Crippen MR) is 72.4 cm³/mol. The second-order valence-electron chi connectivity index (χ2n) is 4.04. The lowest BCUT2D eigenvalue weighted by molar-refractivity contribution is -0.146. The number of carbonyl (C=O) groups is 2. The van der Waals surface area contributed by atoms with Crippen LogP contribution < -0.4 is 5.32 Å². The van der Waals surface area contributed by atoms with Crippen LogP contribution in [0.15, 0.2) is 29.6 Å². The molecule has 0 fully saturated rings. The van der Waals surface area contributed by atoms with Crippen LogP contribution in [0.25, 0.3) is 10.1 Å². The Bertz CT molecular complexity index is 607. The van der Waals surface area contributed by atoms with Crippen LogP contribution in [0.3, 0.4) is 0 Å². The highest BCUT2D eigenvalue weighted by molar-refractivity contribution is 7.17. The Balaban J connectivity index is 1.99. The van der Waals surface area contributed by atoms with Gasteiger partial charge in [0.2, 0.25) is 0 Å². The summed E-state index contributed by atoms with van der Waals surface area (Å²) < 4.78 is 1.03. The van der Waals surface area contributed by atoms with Gasteiger partial charge in [0.25, 0.3) is 5.91 Å². The largest absolute Gasteiger partial charge is 0.479 e. The topological polar surface area (TPSA) is 86.6 Å². The average Bonchev–Trinajstić information content (AvgIpc) is 2.82. The monoisotopic (exact) mass is 279 g/mol. The summed E-state index contributed by atoms with van der Waals surface area (Å²) in [6, 6.07) is 7.57. The van der Waals surface area contributed by atoms with Crippen LogP contribution in [-0.2, 0) is 4.79 Å². The van der Waals surface area contributed by atoms with E-state index < -0.39 is 12.1 Å². The number of fused-ring (bicyclic) bond motifs is 1. The first kappa shape index (κ1) is 13.5. The van der Waals surface area contributed by atoms with E-state index in [1.807, 2.05) is 24.3 Å². The molecular weight excluding hydrogens is 266 g/mol. The van der Waals surface area contributed by atoms with Gasteiger partial charge < -0.3 is 15.5 Å². The van der Waals surface area contributed by atoms with Crippen LogP contribution in [0, 0.1) is 0 Å². The molecule has 0 aliphatic heterocycles. The molecule has 1 amide bonds. The molecule has 2 aromatic rings. The van der Waals surface area contributed by atoms with Gasteiger partial charge in [-0.15, -0.1) is 11.3 Å². The van der Waals surface area contributed by atoms with Crippen LogP contribution in [-0.4, -0.2) is 34.7 Å². The number of thiophene rings is 1. The fraction of sp³-hybridized carbons (Fsp3) is 0.231. The minimum absolute atomic E-state index is 0.0108. The average molecular weight is 279 g/mol. The molecule has 0 bridgehead atoms. The van der Waals surface area contributed by atoms with E-state index in [0.29, 0.717) is 5.56 Å². The van der Waals surface area contributed by atoms with Crippen molar-refractivity contribution in [3.05, 3.63) is 35.2 Å². The first-order chi connectivity index (χ1) is 9.09. The number of aliphatic carboxylic acids is 1. The Morgan fingerprint density at radius 1 is 1.32 bits per heavy atom. The van der Waals surface area contributed by atoms with Crippen molar-refractivity contribution in [2.24, 2.45) is 0 Å². The van der Waals surface area contributed by atoms with Crippen molar-refractivity contribution in [1.29, 1.82) is 0 Å². The number of carboxylic acids is 1. The van der Waals surface area contributed by atoms with Gasteiger partial charge in [0.05, 0.1) is 5.56 Å². The van der Waals surface area contributed by atoms with Crippen LogP contribution in [0.4, 0.5) is 0 Å². The molecule has 0 aliphatic rings. The Morgan fingerprint density at radius 2 is 2.05 bits per heavy atom. The van der Waals surface area contributed by atoms with E-state index in [2.05, 4.69) is 5.32 Å². The van der Waals surface area contributed by atoms with Gasteiger partial charge in [0.1, 0.15) is 0 Å². The zero-order valence-corrected chi connectivity index (χ0v) is 10.8. The first-order valence-electron chi connectivity index (χ1n) is 5.75. The van der Waals surface area contributed by atoms with Crippen LogP contribution in [0.5, 0.6) is 0 Å². The summed E-state index contributed by atoms with van der Waals surface area (Å²) in [7, 11) is 0. The quantitative estimate of drug-likeness (QED) is 0.773. The summed E-state index contributed by atoms with van der Waals surface area (Å²) in [4.78, 5) is 22.4. The standard InChI is InChI=1S/C13H13NO4S/c15-10(13(17)18)5-6-14-12(16)9-7-19-11-4-2-1-3-8(9)11/h1-4,7,10,15H,5-6H2,(H,14,16)(H,17,18). The summed E-state index contributed by atoms with van der Waals surface area (Å²) in [5.41, 5.74) is 0.574. The minimum atomic E-state index is -1.44. The summed E-state index contributed by atoms with van der Waals surface area (Å²) in [5, 5.41) is 22.9. The molecule has 1 aromatic heterocycles. The van der Waals surface area contributed by atoms with Crippen molar-refractivity contribution in [1.82, 2.24) is 5.32 Å². The highest BCUT2D eigenvalue weighted by Crippen LogP contribution is 2.25. The molecule has 0 spiro atoms. The van der Waals surface area contributed by atoms with Crippen molar-refractivity contribution in [3.8, 4) is 0 Å². The predicted octanol–water partition coefficient (Wildman–Crippen LogP) is 1.47. The van der Waals surface area contributed by atoms with E-state index in [1.54, 1.807) is 5.38 Å². The summed E-state index contributed by atoms with van der Waals surface area (Å²) in [6.07, 6.45) is -1.46. The zero-order valence-electron chi connectivity index (χ0n) is 10.00. The summed E-state index contributed by atoms with van der Waals surface area (Å²) in [6.45, 7) is 0.122. The minimum Gasteiger partial charge on any atom is -0.479 e. The van der Waals surface area contributed by atoms with E-state index in [4.69, 9.17) is 10.2 Å². The number of amides is 1. The SMILES string of the molecule is O=C(NCCC(O)C(=O)O)c1csc2ccccc12. The van der Waals surface area contributed by atoms with Crippen molar-refractivity contribution in [3.63, 3.8) is 0 Å². The van der Waals surface area contributed by atoms with E-state index in [-0.39, 0.29) is 18.9 Å². The third kappa shape index (κ3) is 3.10. The Hall–Kier alpha value is -1.92. The van der Waals surface area contributed by atoms with Crippen LogP contribution in [0.1, 0.15) is 16.8 Å². The van der Waals surface area contributed by atoms with E-state index in [1.165, 1.54) is 11.3 Å². The molecule has 2 rings (SSSR count). The molecule has 0 radical (unpaired) electrons. The lowest BCUT2D eigenvalue weighted by Crippen LogP contribution is -2.29. The molecule has 6 heteroatoms. The number of aliphatic hydroxyl groups excluding tert-OH is 1. The third-order valence-corrected chi connectivity index (χ3v) is 3.68. The van der Waals surface area contributed by atoms with E-state index >= 15 is 0 Å². The molecule has 1 aromatic carbocycles. The second kappa shape index (κ2) is 5.81. The Morgan fingerprint density at radius 3 is 2.79 bits per heavy atom. The number of aliphatic hydroxyl groups is 1. The highest BCUT2D eigenvalue weighted by Gasteiger charge is 2.15. The van der Waals surface area contributed by atoms with E-state index in [0.717, 1.165) is 10.1 Å². The zero-order chi connectivity index (χ0) is 13.8. The van der Waals surface area contributed by atoms with Gasteiger partial charge in [-0.3, -0.25) is 4.79 Å². The van der Waals surface area contributed by atoms with Gasteiger partial charge in [-0.25, -0.2) is 4.79 Å². The molecular formula is C13H13NO4S. The highest BCUT2D eigenvalue weighted by atomic mass is 32.1. The summed E-state index contributed by atoms with van der Waals surface area (Å²) >= 11 is 1.48. The Kier molecular flexibility index (Phi) is 4.13. The van der Waals surface area contributed by atoms with Crippen LogP contribution >= 0.6 is 11.3 Å². The molecule has 0 saturated heterocycles. The molecule has 1 atom stereocenters. The fourth-order valence-electron chi connectivity index (χ4n) is 1.69.